The number of H-pyrrole nitrogens is 1. The van der Waals surface area contributed by atoms with Gasteiger partial charge in [0.05, 0.1) is 24.1 Å². The SMILES string of the molecule is CCOCCS(=O)(=O)NC1(c2ncc(C(=O)O)[nH]2)CCC1. The number of hydrogen-bond donors (Lipinski definition) is 3. The standard InChI is InChI=1S/C12H19N3O5S/c1-2-20-6-7-21(18,19)15-12(4-3-5-12)11-13-8-9(14-11)10(16)17/h8,15H,2-7H2,1H3,(H,13,14)(H,16,17). The third-order valence-corrected chi connectivity index (χ3v) is 4.92. The van der Waals surface area contributed by atoms with Crippen LogP contribution in [0, 0.1) is 0 Å². The number of ether oxygens (including phenoxy) is 1. The number of nitrogens with one attached hydrogen (secondary N) is 2. The number of nitrogens with zero attached hydrogens (tertiary/aromatic N) is 1. The van der Waals surface area contributed by atoms with E-state index in [0.29, 0.717) is 25.3 Å². The van der Waals surface area contributed by atoms with E-state index in [9.17, 15) is 13.2 Å². The Balaban J connectivity index is 2.12. The Hall–Kier alpha value is -1.45. The van der Waals surface area contributed by atoms with Crippen LogP contribution in [0.15, 0.2) is 6.20 Å². The normalized spacial score (nSPS) is 17.4. The second kappa shape index (κ2) is 6.12. The first-order valence-electron chi connectivity index (χ1n) is 6.77. The van der Waals surface area contributed by atoms with E-state index in [1.807, 2.05) is 0 Å². The molecule has 0 radical (unpaired) electrons. The summed E-state index contributed by atoms with van der Waals surface area (Å²) in [4.78, 5) is 17.6. The van der Waals surface area contributed by atoms with E-state index in [2.05, 4.69) is 14.7 Å². The van der Waals surface area contributed by atoms with E-state index in [1.165, 1.54) is 6.20 Å². The van der Waals surface area contributed by atoms with Crippen molar-refractivity contribution in [2.75, 3.05) is 19.0 Å². The maximum absolute atomic E-state index is 12.1. The highest BCUT2D eigenvalue weighted by Gasteiger charge is 2.44. The zero-order chi connectivity index (χ0) is 15.5. The fourth-order valence-electron chi connectivity index (χ4n) is 2.25. The number of rotatable bonds is 8. The van der Waals surface area contributed by atoms with Gasteiger partial charge in [-0.25, -0.2) is 22.9 Å². The number of carbonyl (C=O) groups is 1. The van der Waals surface area contributed by atoms with Gasteiger partial charge in [0.1, 0.15) is 11.5 Å². The molecule has 0 aromatic carbocycles. The summed E-state index contributed by atoms with van der Waals surface area (Å²) in [5.74, 6) is -0.900. The molecule has 21 heavy (non-hydrogen) atoms. The number of aromatic carboxylic acids is 1. The van der Waals surface area contributed by atoms with Crippen molar-refractivity contribution in [1.29, 1.82) is 0 Å². The molecule has 1 heterocycles. The summed E-state index contributed by atoms with van der Waals surface area (Å²) in [5.41, 5.74) is -0.872. The van der Waals surface area contributed by atoms with Crippen LogP contribution in [0.5, 0.6) is 0 Å². The molecule has 0 saturated heterocycles. The molecule has 1 aliphatic rings. The molecule has 8 nitrogen and oxygen atoms in total. The summed E-state index contributed by atoms with van der Waals surface area (Å²) in [7, 11) is -3.51. The zero-order valence-corrected chi connectivity index (χ0v) is 12.6. The molecule has 9 heteroatoms. The summed E-state index contributed by atoms with van der Waals surface area (Å²) < 4.78 is 31.9. The van der Waals surface area contributed by atoms with Crippen molar-refractivity contribution >= 4 is 16.0 Å². The van der Waals surface area contributed by atoms with Crippen LogP contribution in [-0.2, 0) is 20.3 Å². The second-order valence-corrected chi connectivity index (χ2v) is 6.85. The third kappa shape index (κ3) is 3.60. The highest BCUT2D eigenvalue weighted by Crippen LogP contribution is 2.40. The molecule has 0 spiro atoms. The van der Waals surface area contributed by atoms with Crippen LogP contribution in [0.2, 0.25) is 0 Å². The molecule has 2 rings (SSSR count). The predicted octanol–water partition coefficient (Wildman–Crippen LogP) is 0.443. The first-order chi connectivity index (χ1) is 9.88. The van der Waals surface area contributed by atoms with E-state index in [0.717, 1.165) is 6.42 Å². The molecule has 1 aromatic rings. The van der Waals surface area contributed by atoms with Crippen LogP contribution in [0.1, 0.15) is 42.5 Å². The fourth-order valence-corrected chi connectivity index (χ4v) is 3.59. The lowest BCUT2D eigenvalue weighted by Crippen LogP contribution is -2.52. The van der Waals surface area contributed by atoms with E-state index in [-0.39, 0.29) is 18.1 Å². The van der Waals surface area contributed by atoms with E-state index in [1.54, 1.807) is 6.92 Å². The molecular formula is C12H19N3O5S. The minimum absolute atomic E-state index is 0.0511. The summed E-state index contributed by atoms with van der Waals surface area (Å²) in [5, 5.41) is 8.90. The molecule has 0 unspecified atom stereocenters. The highest BCUT2D eigenvalue weighted by atomic mass is 32.2. The summed E-state index contributed by atoms with van der Waals surface area (Å²) in [6, 6.07) is 0. The van der Waals surface area contributed by atoms with Crippen molar-refractivity contribution in [3.8, 4) is 0 Å². The monoisotopic (exact) mass is 317 g/mol. The van der Waals surface area contributed by atoms with Crippen LogP contribution >= 0.6 is 0 Å². The van der Waals surface area contributed by atoms with Gasteiger partial charge in [-0.1, -0.05) is 0 Å². The van der Waals surface area contributed by atoms with Crippen molar-refractivity contribution in [3.63, 3.8) is 0 Å². The summed E-state index contributed by atoms with van der Waals surface area (Å²) in [6.07, 6.45) is 3.24. The Morgan fingerprint density at radius 3 is 2.76 bits per heavy atom. The number of aromatic amines is 1. The van der Waals surface area contributed by atoms with Crippen molar-refractivity contribution in [2.45, 2.75) is 31.7 Å². The summed E-state index contributed by atoms with van der Waals surface area (Å²) in [6.45, 7) is 2.38. The minimum Gasteiger partial charge on any atom is -0.477 e. The third-order valence-electron chi connectivity index (χ3n) is 3.52. The van der Waals surface area contributed by atoms with Crippen molar-refractivity contribution in [2.24, 2.45) is 0 Å². The Morgan fingerprint density at radius 1 is 1.57 bits per heavy atom. The number of carboxylic acids is 1. The molecular weight excluding hydrogens is 298 g/mol. The Morgan fingerprint density at radius 2 is 2.29 bits per heavy atom. The molecule has 1 aromatic heterocycles. The number of aromatic nitrogens is 2. The Bertz CT molecular complexity index is 606. The number of imidazole rings is 1. The minimum atomic E-state index is -3.51. The van der Waals surface area contributed by atoms with Crippen LogP contribution in [0.25, 0.3) is 0 Å². The molecule has 1 saturated carbocycles. The zero-order valence-electron chi connectivity index (χ0n) is 11.8. The molecule has 3 N–H and O–H groups in total. The van der Waals surface area contributed by atoms with E-state index >= 15 is 0 Å². The first-order valence-corrected chi connectivity index (χ1v) is 8.42. The van der Waals surface area contributed by atoms with Gasteiger partial charge in [-0.05, 0) is 26.2 Å². The lowest BCUT2D eigenvalue weighted by atomic mass is 9.77. The van der Waals surface area contributed by atoms with Gasteiger partial charge in [0.25, 0.3) is 0 Å². The smallest absolute Gasteiger partial charge is 0.353 e. The van der Waals surface area contributed by atoms with Gasteiger partial charge in [-0.2, -0.15) is 0 Å². The molecule has 0 aliphatic heterocycles. The number of carboxylic acid groups (broad SMARTS) is 1. The van der Waals surface area contributed by atoms with Crippen molar-refractivity contribution in [1.82, 2.24) is 14.7 Å². The quantitative estimate of drug-likeness (QED) is 0.598. The average Bonchev–Trinajstić information content (AvgIpc) is 2.84. The molecule has 0 bridgehead atoms. The molecule has 1 aliphatic carbocycles. The topological polar surface area (TPSA) is 121 Å². The van der Waals surface area contributed by atoms with Gasteiger partial charge < -0.3 is 14.8 Å². The maximum atomic E-state index is 12.1. The van der Waals surface area contributed by atoms with E-state index < -0.39 is 21.5 Å². The maximum Gasteiger partial charge on any atom is 0.353 e. The summed E-state index contributed by atoms with van der Waals surface area (Å²) >= 11 is 0. The van der Waals surface area contributed by atoms with Crippen molar-refractivity contribution in [3.05, 3.63) is 17.7 Å². The molecule has 0 amide bonds. The lowest BCUT2D eigenvalue weighted by molar-refractivity contribution is 0.0690. The van der Waals surface area contributed by atoms with Crippen LogP contribution in [0.4, 0.5) is 0 Å². The Kier molecular flexibility index (Phi) is 4.64. The number of sulfonamides is 1. The van der Waals surface area contributed by atoms with Gasteiger partial charge >= 0.3 is 5.97 Å². The van der Waals surface area contributed by atoms with Gasteiger partial charge in [0.2, 0.25) is 10.0 Å². The largest absolute Gasteiger partial charge is 0.477 e. The number of hydrogen-bond acceptors (Lipinski definition) is 5. The van der Waals surface area contributed by atoms with Gasteiger partial charge in [-0.15, -0.1) is 0 Å². The van der Waals surface area contributed by atoms with Crippen molar-refractivity contribution < 1.29 is 23.1 Å². The fraction of sp³-hybridized carbons (Fsp3) is 0.667. The average molecular weight is 317 g/mol. The first kappa shape index (κ1) is 15.9. The van der Waals surface area contributed by atoms with Gasteiger partial charge in [0.15, 0.2) is 0 Å². The molecule has 0 atom stereocenters. The van der Waals surface area contributed by atoms with E-state index in [4.69, 9.17) is 9.84 Å². The van der Waals surface area contributed by atoms with Crippen LogP contribution < -0.4 is 4.72 Å². The van der Waals surface area contributed by atoms with Crippen LogP contribution in [0.3, 0.4) is 0 Å². The Labute approximate surface area is 123 Å². The lowest BCUT2D eigenvalue weighted by Gasteiger charge is -2.40. The highest BCUT2D eigenvalue weighted by molar-refractivity contribution is 7.89. The second-order valence-electron chi connectivity index (χ2n) is 5.00. The molecule has 118 valence electrons. The van der Waals surface area contributed by atoms with Gasteiger partial charge in [-0.3, -0.25) is 0 Å². The molecule has 1 fully saturated rings. The predicted molar refractivity (Wildman–Crippen MR) is 74.5 cm³/mol. The van der Waals surface area contributed by atoms with Gasteiger partial charge in [0, 0.05) is 6.61 Å². The van der Waals surface area contributed by atoms with Crippen LogP contribution in [-0.4, -0.2) is 48.4 Å².